The summed E-state index contributed by atoms with van der Waals surface area (Å²) < 4.78 is 0. The van der Waals surface area contributed by atoms with Crippen LogP contribution in [0.4, 0.5) is 34.1 Å². The van der Waals surface area contributed by atoms with Gasteiger partial charge in [-0.05, 0) is 194 Å². The summed E-state index contributed by atoms with van der Waals surface area (Å²) in [5.41, 5.74) is 15.8. The molecule has 4 aliphatic rings. The van der Waals surface area contributed by atoms with Crippen molar-refractivity contribution < 1.29 is 0 Å². The molecule has 0 radical (unpaired) electrons. The SMILES string of the molecule is CC(C)(C)c1cccc(N(c2cc(C(C)(C)C)cc(C(C)(C)C)c2)c2cc(C34CC5CC(CC(C5)C3)C4)cc(N(c3cccc(C(C)(C)C)c3)c3cc(C(C)(C)C)cc(C(C)(C)C)c3)c2Cl)c1. The van der Waals surface area contributed by atoms with E-state index in [-0.39, 0.29) is 37.9 Å². The molecule has 0 aromatic heterocycles. The van der Waals surface area contributed by atoms with E-state index in [0.717, 1.165) is 56.9 Å². The normalized spacial score (nSPS) is 21.2. The van der Waals surface area contributed by atoms with Gasteiger partial charge in [0.05, 0.1) is 16.4 Å². The Morgan fingerprint density at radius 1 is 0.373 bits per heavy atom. The van der Waals surface area contributed by atoms with Gasteiger partial charge < -0.3 is 9.80 Å². The average molecular weight is 918 g/mol. The fraction of sp³-hybridized carbons (Fsp3) is 0.531. The molecule has 0 saturated heterocycles. The highest BCUT2D eigenvalue weighted by Crippen LogP contribution is 2.62. The summed E-state index contributed by atoms with van der Waals surface area (Å²) in [6.07, 6.45) is 7.98. The highest BCUT2D eigenvalue weighted by molar-refractivity contribution is 6.36. The summed E-state index contributed by atoms with van der Waals surface area (Å²) in [6, 6.07) is 38.5. The lowest BCUT2D eigenvalue weighted by atomic mass is 9.48. The molecule has 4 saturated carbocycles. The molecule has 0 amide bonds. The minimum atomic E-state index is -0.0668. The van der Waals surface area contributed by atoms with E-state index in [2.05, 4.69) is 231 Å². The van der Waals surface area contributed by atoms with Crippen LogP contribution in [0.3, 0.4) is 0 Å². The maximum atomic E-state index is 8.47. The molecule has 4 fully saturated rings. The van der Waals surface area contributed by atoms with Gasteiger partial charge in [0.25, 0.3) is 0 Å². The maximum absolute atomic E-state index is 8.47. The second-order valence-corrected chi connectivity index (χ2v) is 28.2. The van der Waals surface area contributed by atoms with Crippen LogP contribution in [0.25, 0.3) is 0 Å². The highest BCUT2D eigenvalue weighted by Gasteiger charge is 2.52. The minimum Gasteiger partial charge on any atom is -0.309 e. The van der Waals surface area contributed by atoms with Crippen LogP contribution in [0.15, 0.2) is 97.1 Å². The first kappa shape index (κ1) is 49.4. The highest BCUT2D eigenvalue weighted by atomic mass is 35.5. The number of hydrogen-bond donors (Lipinski definition) is 0. The first-order valence-electron chi connectivity index (χ1n) is 25.8. The van der Waals surface area contributed by atoms with Crippen molar-refractivity contribution in [3.63, 3.8) is 0 Å². The van der Waals surface area contributed by atoms with Gasteiger partial charge in [-0.15, -0.1) is 0 Å². The Bertz CT molecular complexity index is 2380. The van der Waals surface area contributed by atoms with Crippen molar-refractivity contribution in [1.29, 1.82) is 0 Å². The molecule has 0 spiro atoms. The van der Waals surface area contributed by atoms with E-state index in [9.17, 15) is 0 Å². The fourth-order valence-electron chi connectivity index (χ4n) is 12.0. The number of halogens is 1. The number of rotatable bonds is 7. The van der Waals surface area contributed by atoms with Crippen molar-refractivity contribution in [3.05, 3.63) is 141 Å². The maximum Gasteiger partial charge on any atom is 0.0887 e. The monoisotopic (exact) mass is 917 g/mol. The second kappa shape index (κ2) is 16.8. The zero-order chi connectivity index (χ0) is 49.0. The lowest BCUT2D eigenvalue weighted by Gasteiger charge is -2.57. The van der Waals surface area contributed by atoms with E-state index < -0.39 is 0 Å². The van der Waals surface area contributed by atoms with Crippen molar-refractivity contribution in [2.24, 2.45) is 17.8 Å². The molecular weight excluding hydrogens is 832 g/mol. The lowest BCUT2D eigenvalue weighted by molar-refractivity contribution is -0.00515. The summed E-state index contributed by atoms with van der Waals surface area (Å²) in [6.45, 7) is 42.2. The molecule has 67 heavy (non-hydrogen) atoms. The number of anilines is 6. The van der Waals surface area contributed by atoms with Crippen LogP contribution < -0.4 is 9.80 Å². The predicted octanol–water partition coefficient (Wildman–Crippen LogP) is 19.5. The minimum absolute atomic E-state index is 0.0424. The van der Waals surface area contributed by atoms with Crippen LogP contribution in [0.2, 0.25) is 5.02 Å². The number of hydrogen-bond acceptors (Lipinski definition) is 2. The molecule has 5 aromatic rings. The molecule has 0 aliphatic heterocycles. The Kier molecular flexibility index (Phi) is 12.4. The van der Waals surface area contributed by atoms with Crippen molar-refractivity contribution >= 4 is 45.7 Å². The van der Waals surface area contributed by atoms with E-state index in [1.54, 1.807) is 0 Å². The molecule has 5 aromatic carbocycles. The van der Waals surface area contributed by atoms with E-state index >= 15 is 0 Å². The van der Waals surface area contributed by atoms with Gasteiger partial charge in [-0.1, -0.05) is 173 Å². The molecule has 358 valence electrons. The Morgan fingerprint density at radius 2 is 0.657 bits per heavy atom. The molecule has 9 rings (SSSR count). The Morgan fingerprint density at radius 3 is 0.940 bits per heavy atom. The number of nitrogens with zero attached hydrogens (tertiary/aromatic N) is 2. The molecule has 0 heterocycles. The van der Waals surface area contributed by atoms with Crippen LogP contribution in [0.1, 0.15) is 202 Å². The second-order valence-electron chi connectivity index (χ2n) is 27.8. The molecule has 0 unspecified atom stereocenters. The lowest BCUT2D eigenvalue weighted by Crippen LogP contribution is -2.48. The van der Waals surface area contributed by atoms with Crippen LogP contribution >= 0.6 is 11.6 Å². The Labute approximate surface area is 413 Å². The van der Waals surface area contributed by atoms with E-state index in [0.29, 0.717) is 0 Å². The zero-order valence-corrected chi connectivity index (χ0v) is 45.7. The van der Waals surface area contributed by atoms with Gasteiger partial charge in [-0.25, -0.2) is 0 Å². The smallest absolute Gasteiger partial charge is 0.0887 e. The fourth-order valence-corrected chi connectivity index (χ4v) is 12.3. The van der Waals surface area contributed by atoms with Crippen molar-refractivity contribution in [2.75, 3.05) is 9.80 Å². The summed E-state index contributed by atoms with van der Waals surface area (Å²) in [5, 5.41) is 0.771. The average Bonchev–Trinajstić information content (AvgIpc) is 3.20. The summed E-state index contributed by atoms with van der Waals surface area (Å²) in [4.78, 5) is 5.09. The van der Waals surface area contributed by atoms with Gasteiger partial charge in [0.2, 0.25) is 0 Å². The number of benzene rings is 5. The van der Waals surface area contributed by atoms with Gasteiger partial charge in [0.15, 0.2) is 0 Å². The van der Waals surface area contributed by atoms with Crippen molar-refractivity contribution in [1.82, 2.24) is 0 Å². The Balaban J connectivity index is 1.53. The van der Waals surface area contributed by atoms with Crippen molar-refractivity contribution in [3.8, 4) is 0 Å². The van der Waals surface area contributed by atoms with Crippen molar-refractivity contribution in [2.45, 2.75) is 201 Å². The summed E-state index contributed by atoms with van der Waals surface area (Å²) in [7, 11) is 0. The molecule has 2 nitrogen and oxygen atoms in total. The molecule has 4 bridgehead atoms. The van der Waals surface area contributed by atoms with Crippen LogP contribution in [0.5, 0.6) is 0 Å². The molecule has 0 N–H and O–H groups in total. The summed E-state index contributed by atoms with van der Waals surface area (Å²) in [5.74, 6) is 2.38. The van der Waals surface area contributed by atoms with E-state index in [4.69, 9.17) is 11.6 Å². The summed E-state index contributed by atoms with van der Waals surface area (Å²) >= 11 is 8.47. The van der Waals surface area contributed by atoms with Gasteiger partial charge in [-0.3, -0.25) is 0 Å². The van der Waals surface area contributed by atoms with Gasteiger partial charge in [0, 0.05) is 22.7 Å². The molecule has 0 atom stereocenters. The Hall–Kier alpha value is -4.01. The molecule has 3 heteroatoms. The third-order valence-corrected chi connectivity index (χ3v) is 16.3. The topological polar surface area (TPSA) is 6.48 Å². The van der Waals surface area contributed by atoms with Gasteiger partial charge in [-0.2, -0.15) is 0 Å². The van der Waals surface area contributed by atoms with Gasteiger partial charge >= 0.3 is 0 Å². The third-order valence-electron chi connectivity index (χ3n) is 15.9. The molecular formula is C64H85ClN2. The first-order valence-corrected chi connectivity index (χ1v) is 26.2. The van der Waals surface area contributed by atoms with Crippen LogP contribution in [-0.2, 0) is 37.9 Å². The third kappa shape index (κ3) is 10.0. The quantitative estimate of drug-likeness (QED) is 0.161. The first-order chi connectivity index (χ1) is 30.8. The van der Waals surface area contributed by atoms with Crippen LogP contribution in [0, 0.1) is 17.8 Å². The largest absolute Gasteiger partial charge is 0.309 e. The standard InChI is InChI=1S/C64H85ClN2/c1-58(2,3)44-21-19-23-51(30-44)66(53-32-46(60(7,8)9)28-47(33-53)61(10,11)12)55-36-50(64-38-41-25-42(39-64)27-43(26-41)40-64)37-56(57(55)65)67(52-24-20-22-45(31-52)59(4,5)6)54-34-48(62(13,14)15)29-49(35-54)63(16,17)18/h19-24,28-37,41-43H,25-27,38-40H2,1-18H3. The van der Waals surface area contributed by atoms with E-state index in [1.165, 1.54) is 77.5 Å². The predicted molar refractivity (Wildman–Crippen MR) is 293 cm³/mol. The van der Waals surface area contributed by atoms with E-state index in [1.807, 2.05) is 0 Å². The zero-order valence-electron chi connectivity index (χ0n) is 45.0. The van der Waals surface area contributed by atoms with Crippen LogP contribution in [-0.4, -0.2) is 0 Å². The van der Waals surface area contributed by atoms with Gasteiger partial charge in [0.1, 0.15) is 0 Å². The molecule has 4 aliphatic carbocycles.